The van der Waals surface area contributed by atoms with Gasteiger partial charge in [0.05, 0.1) is 17.9 Å². The second kappa shape index (κ2) is 6.51. The summed E-state index contributed by atoms with van der Waals surface area (Å²) in [4.78, 5) is 14.9. The molecule has 132 valence electrons. The van der Waals surface area contributed by atoms with Crippen LogP contribution >= 0.6 is 0 Å². The second-order valence-electron chi connectivity index (χ2n) is 7.98. The van der Waals surface area contributed by atoms with Crippen molar-refractivity contribution in [2.24, 2.45) is 11.8 Å². The van der Waals surface area contributed by atoms with E-state index in [0.29, 0.717) is 11.6 Å². The molecule has 1 saturated heterocycles. The van der Waals surface area contributed by atoms with Crippen LogP contribution in [0.2, 0.25) is 0 Å². The van der Waals surface area contributed by atoms with E-state index in [9.17, 15) is 4.79 Å². The Morgan fingerprint density at radius 2 is 1.83 bits per heavy atom. The van der Waals surface area contributed by atoms with E-state index < -0.39 is 0 Å². The molecular formula is C19H29N3O2. The minimum atomic E-state index is -0.00655. The Bertz CT molecular complexity index is 598. The van der Waals surface area contributed by atoms with Crippen molar-refractivity contribution in [2.75, 3.05) is 13.1 Å². The lowest BCUT2D eigenvalue weighted by molar-refractivity contribution is -0.00715. The fourth-order valence-electron chi connectivity index (χ4n) is 4.76. The maximum atomic E-state index is 12.9. The Balaban J connectivity index is 1.41. The van der Waals surface area contributed by atoms with Gasteiger partial charge in [-0.25, -0.2) is 0 Å². The average molecular weight is 331 g/mol. The lowest BCUT2D eigenvalue weighted by Gasteiger charge is -2.43. The molecule has 2 aliphatic heterocycles. The third-order valence-electron chi connectivity index (χ3n) is 6.20. The molecule has 1 aliphatic carbocycles. The summed E-state index contributed by atoms with van der Waals surface area (Å²) in [5.74, 6) is 1.65. The molecule has 0 radical (unpaired) electrons. The summed E-state index contributed by atoms with van der Waals surface area (Å²) in [6, 6.07) is 0. The van der Waals surface area contributed by atoms with Crippen LogP contribution in [0.25, 0.3) is 0 Å². The first kappa shape index (κ1) is 16.1. The summed E-state index contributed by atoms with van der Waals surface area (Å²) in [5, 5.41) is 7.38. The van der Waals surface area contributed by atoms with Gasteiger partial charge in [0.2, 0.25) is 0 Å². The number of amides is 1. The second-order valence-corrected chi connectivity index (χ2v) is 7.98. The summed E-state index contributed by atoms with van der Waals surface area (Å²) < 4.78 is 5.82. The number of hydrogen-bond acceptors (Lipinski definition) is 3. The highest BCUT2D eigenvalue weighted by molar-refractivity contribution is 5.94. The minimum Gasteiger partial charge on any atom is -0.369 e. The van der Waals surface area contributed by atoms with Crippen molar-refractivity contribution in [3.05, 3.63) is 17.0 Å². The largest absolute Gasteiger partial charge is 0.369 e. The first-order valence-electron chi connectivity index (χ1n) is 9.65. The van der Waals surface area contributed by atoms with Gasteiger partial charge in [-0.15, -0.1) is 0 Å². The molecule has 5 heteroatoms. The van der Waals surface area contributed by atoms with Crippen molar-refractivity contribution in [1.82, 2.24) is 15.1 Å². The maximum absolute atomic E-state index is 12.9. The number of aromatic amines is 1. The van der Waals surface area contributed by atoms with Gasteiger partial charge in [0.15, 0.2) is 5.69 Å². The first-order chi connectivity index (χ1) is 11.6. The number of likely N-dealkylation sites (tertiary alicyclic amines) is 1. The van der Waals surface area contributed by atoms with E-state index in [0.717, 1.165) is 36.7 Å². The number of fused-ring (bicyclic) bond motifs is 1. The predicted octanol–water partition coefficient (Wildman–Crippen LogP) is 3.47. The molecule has 24 heavy (non-hydrogen) atoms. The molecule has 3 heterocycles. The molecule has 4 rings (SSSR count). The van der Waals surface area contributed by atoms with Crippen LogP contribution in [0.1, 0.15) is 80.2 Å². The average Bonchev–Trinajstić information content (AvgIpc) is 2.74. The van der Waals surface area contributed by atoms with Crippen molar-refractivity contribution in [1.29, 1.82) is 0 Å². The van der Waals surface area contributed by atoms with Gasteiger partial charge in [0.1, 0.15) is 0 Å². The summed E-state index contributed by atoms with van der Waals surface area (Å²) >= 11 is 0. The Hall–Kier alpha value is -1.36. The van der Waals surface area contributed by atoms with Crippen LogP contribution in [-0.2, 0) is 11.2 Å². The van der Waals surface area contributed by atoms with Gasteiger partial charge in [-0.05, 0) is 25.7 Å². The monoisotopic (exact) mass is 331 g/mol. The molecule has 1 aromatic heterocycles. The van der Waals surface area contributed by atoms with E-state index >= 15 is 0 Å². The Morgan fingerprint density at radius 3 is 2.54 bits per heavy atom. The topological polar surface area (TPSA) is 58.2 Å². The van der Waals surface area contributed by atoms with Crippen molar-refractivity contribution < 1.29 is 9.53 Å². The van der Waals surface area contributed by atoms with Crippen LogP contribution in [0.5, 0.6) is 0 Å². The zero-order chi connectivity index (χ0) is 16.7. The van der Waals surface area contributed by atoms with Crippen LogP contribution in [0.4, 0.5) is 0 Å². The quantitative estimate of drug-likeness (QED) is 0.844. The van der Waals surface area contributed by atoms with Crippen LogP contribution in [-0.4, -0.2) is 40.2 Å². The Kier molecular flexibility index (Phi) is 4.37. The molecule has 0 aromatic carbocycles. The molecule has 1 aromatic rings. The standard InChI is InChI=1S/C19H29N3O2/c1-12-9-16-17(13(2)24-12)20-21-18(16)19(23)22-10-15(11-22)14-7-5-3-4-6-8-14/h12-15H,3-11H2,1-2H3,(H,20,21)/t12-,13+/m1/s1. The summed E-state index contributed by atoms with van der Waals surface area (Å²) in [6.07, 6.45) is 9.16. The number of ether oxygens (including phenoxy) is 1. The van der Waals surface area contributed by atoms with Gasteiger partial charge < -0.3 is 9.64 Å². The Morgan fingerprint density at radius 1 is 1.12 bits per heavy atom. The predicted molar refractivity (Wildman–Crippen MR) is 91.8 cm³/mol. The Labute approximate surface area is 144 Å². The molecule has 3 aliphatic rings. The summed E-state index contributed by atoms with van der Waals surface area (Å²) in [7, 11) is 0. The molecule has 0 bridgehead atoms. The van der Waals surface area contributed by atoms with Gasteiger partial charge in [0, 0.05) is 25.1 Å². The fourth-order valence-corrected chi connectivity index (χ4v) is 4.76. The molecular weight excluding hydrogens is 302 g/mol. The van der Waals surface area contributed by atoms with Crippen LogP contribution < -0.4 is 0 Å². The number of nitrogens with zero attached hydrogens (tertiary/aromatic N) is 2. The minimum absolute atomic E-state index is 0.00655. The van der Waals surface area contributed by atoms with Crippen molar-refractivity contribution in [3.8, 4) is 0 Å². The van der Waals surface area contributed by atoms with Gasteiger partial charge in [-0.3, -0.25) is 9.89 Å². The number of hydrogen-bond donors (Lipinski definition) is 1. The molecule has 0 unspecified atom stereocenters. The maximum Gasteiger partial charge on any atom is 0.274 e. The smallest absolute Gasteiger partial charge is 0.274 e. The third-order valence-corrected chi connectivity index (χ3v) is 6.20. The van der Waals surface area contributed by atoms with Gasteiger partial charge >= 0.3 is 0 Å². The zero-order valence-electron chi connectivity index (χ0n) is 14.9. The number of carbonyl (C=O) groups excluding carboxylic acids is 1. The SMILES string of the molecule is C[C@@H]1Cc2c(C(=O)N3CC(C4CCCCCC4)C3)n[nH]c2[C@H](C)O1. The van der Waals surface area contributed by atoms with E-state index in [2.05, 4.69) is 17.1 Å². The van der Waals surface area contributed by atoms with Crippen LogP contribution in [0, 0.1) is 11.8 Å². The first-order valence-corrected chi connectivity index (χ1v) is 9.65. The normalized spacial score (nSPS) is 29.0. The number of nitrogens with one attached hydrogen (secondary N) is 1. The zero-order valence-corrected chi connectivity index (χ0v) is 14.9. The molecule has 0 spiro atoms. The van der Waals surface area contributed by atoms with Crippen LogP contribution in [0.3, 0.4) is 0 Å². The lowest BCUT2D eigenvalue weighted by atomic mass is 9.81. The number of carbonyl (C=O) groups is 1. The van der Waals surface area contributed by atoms with Crippen molar-refractivity contribution in [3.63, 3.8) is 0 Å². The summed E-state index contributed by atoms with van der Waals surface area (Å²) in [6.45, 7) is 5.93. The van der Waals surface area contributed by atoms with E-state index in [-0.39, 0.29) is 18.1 Å². The van der Waals surface area contributed by atoms with Gasteiger partial charge in [-0.1, -0.05) is 38.5 Å². The number of H-pyrrole nitrogens is 1. The third kappa shape index (κ3) is 2.87. The van der Waals surface area contributed by atoms with Crippen molar-refractivity contribution in [2.45, 2.75) is 71.0 Å². The number of rotatable bonds is 2. The van der Waals surface area contributed by atoms with Crippen molar-refractivity contribution >= 4 is 5.91 Å². The van der Waals surface area contributed by atoms with E-state index in [1.165, 1.54) is 38.5 Å². The molecule has 2 atom stereocenters. The number of aromatic nitrogens is 2. The van der Waals surface area contributed by atoms with Crippen LogP contribution in [0.15, 0.2) is 0 Å². The van der Waals surface area contributed by atoms with E-state index in [1.807, 2.05) is 11.8 Å². The summed E-state index contributed by atoms with van der Waals surface area (Å²) in [5.41, 5.74) is 2.69. The molecule has 1 N–H and O–H groups in total. The van der Waals surface area contributed by atoms with Gasteiger partial charge in [0.25, 0.3) is 5.91 Å². The highest BCUT2D eigenvalue weighted by Crippen LogP contribution is 2.36. The fraction of sp³-hybridized carbons (Fsp3) is 0.789. The molecule has 1 amide bonds. The highest BCUT2D eigenvalue weighted by Gasteiger charge is 2.39. The van der Waals surface area contributed by atoms with Gasteiger partial charge in [-0.2, -0.15) is 5.10 Å². The molecule has 5 nitrogen and oxygen atoms in total. The lowest BCUT2D eigenvalue weighted by Crippen LogP contribution is -2.53. The van der Waals surface area contributed by atoms with E-state index in [1.54, 1.807) is 0 Å². The molecule has 2 fully saturated rings. The molecule has 1 saturated carbocycles. The van der Waals surface area contributed by atoms with E-state index in [4.69, 9.17) is 4.74 Å². The highest BCUT2D eigenvalue weighted by atomic mass is 16.5.